The summed E-state index contributed by atoms with van der Waals surface area (Å²) in [6.07, 6.45) is 0.474. The van der Waals surface area contributed by atoms with E-state index in [2.05, 4.69) is 5.32 Å². The van der Waals surface area contributed by atoms with Gasteiger partial charge >= 0.3 is 5.97 Å². The van der Waals surface area contributed by atoms with Crippen molar-refractivity contribution in [2.45, 2.75) is 24.3 Å². The number of aliphatic hydroxyl groups is 1. The van der Waals surface area contributed by atoms with Crippen LogP contribution in [0.5, 0.6) is 17.2 Å². The van der Waals surface area contributed by atoms with Crippen LogP contribution in [0.2, 0.25) is 0 Å². The van der Waals surface area contributed by atoms with E-state index in [0.29, 0.717) is 46.1 Å². The van der Waals surface area contributed by atoms with Crippen LogP contribution in [-0.4, -0.2) is 49.1 Å². The third kappa shape index (κ3) is 7.08. The van der Waals surface area contributed by atoms with Gasteiger partial charge in [-0.25, -0.2) is 9.00 Å². The number of carbonyl (C=O) groups is 2. The molecule has 1 unspecified atom stereocenters. The first-order chi connectivity index (χ1) is 17.9. The largest absolute Gasteiger partial charge is 0.496 e. The number of aliphatic hydroxyl groups excluding tert-OH is 1. The zero-order valence-electron chi connectivity index (χ0n) is 20.8. The molecule has 3 rings (SSSR count). The van der Waals surface area contributed by atoms with Gasteiger partial charge in [0.15, 0.2) is 11.5 Å². The lowest BCUT2D eigenvalue weighted by molar-refractivity contribution is -0.120. The minimum atomic E-state index is -1.84. The summed E-state index contributed by atoms with van der Waals surface area (Å²) in [5.41, 5.74) is 2.02. The Morgan fingerprint density at radius 1 is 0.946 bits per heavy atom. The van der Waals surface area contributed by atoms with Gasteiger partial charge in [-0.3, -0.25) is 4.79 Å². The molecule has 37 heavy (non-hydrogen) atoms. The highest BCUT2D eigenvalue weighted by Crippen LogP contribution is 2.35. The molecule has 0 bridgehead atoms. The summed E-state index contributed by atoms with van der Waals surface area (Å²) < 4.78 is 33.7. The van der Waals surface area contributed by atoms with E-state index in [1.165, 1.54) is 21.3 Å². The van der Waals surface area contributed by atoms with E-state index < -0.39 is 23.7 Å². The fraction of sp³-hybridized carbons (Fsp3) is 0.259. The standard InChI is InChI=1S/C27H29NO8S/c1-33-23-12-10-19(22(17-29)26(23)36-37(32)20-7-5-4-6-8-20)16-25(30)28-14-13-18-9-11-21(27(31)35-3)24(15-18)34-2/h4-12,15,29H,13-14,16-17H2,1-3H3,(H,28,30). The normalized spacial score (nSPS) is 11.4. The van der Waals surface area contributed by atoms with Gasteiger partial charge in [-0.05, 0) is 47.9 Å². The number of esters is 1. The molecular formula is C27H29NO8S. The van der Waals surface area contributed by atoms with Crippen molar-refractivity contribution in [2.24, 2.45) is 0 Å². The van der Waals surface area contributed by atoms with Crippen molar-refractivity contribution in [3.63, 3.8) is 0 Å². The molecule has 0 saturated heterocycles. The number of carbonyl (C=O) groups excluding carboxylic acids is 2. The molecule has 0 heterocycles. The second-order valence-corrected chi connectivity index (χ2v) is 8.93. The number of hydrogen-bond donors (Lipinski definition) is 2. The average molecular weight is 528 g/mol. The maximum Gasteiger partial charge on any atom is 0.341 e. The van der Waals surface area contributed by atoms with Gasteiger partial charge in [0.25, 0.3) is 0 Å². The maximum absolute atomic E-state index is 12.7. The number of methoxy groups -OCH3 is 3. The van der Waals surface area contributed by atoms with Crippen molar-refractivity contribution < 1.29 is 37.3 Å². The molecule has 0 radical (unpaired) electrons. The summed E-state index contributed by atoms with van der Waals surface area (Å²) >= 11 is -1.84. The molecule has 1 atom stereocenters. The Balaban J connectivity index is 1.68. The second-order valence-electron chi connectivity index (χ2n) is 7.83. The molecule has 0 spiro atoms. The van der Waals surface area contributed by atoms with E-state index in [0.717, 1.165) is 5.56 Å². The zero-order chi connectivity index (χ0) is 26.8. The number of amides is 1. The van der Waals surface area contributed by atoms with Crippen molar-refractivity contribution in [1.29, 1.82) is 0 Å². The molecule has 9 nitrogen and oxygen atoms in total. The molecule has 1 amide bonds. The van der Waals surface area contributed by atoms with Crippen LogP contribution in [-0.2, 0) is 40.1 Å². The SMILES string of the molecule is COC(=O)c1ccc(CCNC(=O)Cc2ccc(OC)c(OS(=O)c3ccccc3)c2CO)cc1OC. The summed E-state index contributed by atoms with van der Waals surface area (Å²) in [6.45, 7) is -0.0982. The van der Waals surface area contributed by atoms with Gasteiger partial charge in [-0.1, -0.05) is 30.3 Å². The molecule has 3 aromatic carbocycles. The molecule has 0 aliphatic carbocycles. The van der Waals surface area contributed by atoms with Gasteiger partial charge in [0, 0.05) is 12.1 Å². The lowest BCUT2D eigenvalue weighted by atomic mass is 10.0. The van der Waals surface area contributed by atoms with Gasteiger partial charge in [0.05, 0.1) is 39.3 Å². The van der Waals surface area contributed by atoms with Crippen molar-refractivity contribution in [1.82, 2.24) is 5.32 Å². The van der Waals surface area contributed by atoms with E-state index in [-0.39, 0.29) is 18.1 Å². The van der Waals surface area contributed by atoms with Gasteiger partial charge in [-0.15, -0.1) is 0 Å². The fourth-order valence-electron chi connectivity index (χ4n) is 3.65. The second kappa shape index (κ2) is 13.4. The number of hydrogen-bond acceptors (Lipinski definition) is 8. The molecule has 196 valence electrons. The van der Waals surface area contributed by atoms with Gasteiger partial charge < -0.3 is 28.8 Å². The Kier molecular flexibility index (Phi) is 10.0. The van der Waals surface area contributed by atoms with Crippen molar-refractivity contribution >= 4 is 23.0 Å². The monoisotopic (exact) mass is 527 g/mol. The number of ether oxygens (including phenoxy) is 3. The van der Waals surface area contributed by atoms with E-state index >= 15 is 0 Å². The number of benzene rings is 3. The Hall–Kier alpha value is -3.89. The van der Waals surface area contributed by atoms with Gasteiger partial charge in [-0.2, -0.15) is 0 Å². The summed E-state index contributed by atoms with van der Waals surface area (Å²) in [7, 11) is 4.20. The minimum absolute atomic E-state index is 0.0289. The highest BCUT2D eigenvalue weighted by Gasteiger charge is 2.20. The first kappa shape index (κ1) is 27.7. The molecular weight excluding hydrogens is 498 g/mol. The first-order valence-electron chi connectivity index (χ1n) is 11.4. The summed E-state index contributed by atoms with van der Waals surface area (Å²) in [5.74, 6) is 0.0407. The number of nitrogens with one attached hydrogen (secondary N) is 1. The summed E-state index contributed by atoms with van der Waals surface area (Å²) in [6, 6.07) is 17.0. The lowest BCUT2D eigenvalue weighted by Gasteiger charge is -2.16. The molecule has 0 aliphatic heterocycles. The van der Waals surface area contributed by atoms with E-state index in [4.69, 9.17) is 18.4 Å². The van der Waals surface area contributed by atoms with Crippen LogP contribution in [0.1, 0.15) is 27.0 Å². The molecule has 0 fully saturated rings. The predicted molar refractivity (Wildman–Crippen MR) is 137 cm³/mol. The molecule has 3 aromatic rings. The van der Waals surface area contributed by atoms with Crippen molar-refractivity contribution in [2.75, 3.05) is 27.9 Å². The highest BCUT2D eigenvalue weighted by atomic mass is 32.2. The van der Waals surface area contributed by atoms with E-state index in [1.807, 2.05) is 0 Å². The van der Waals surface area contributed by atoms with Crippen LogP contribution in [0.3, 0.4) is 0 Å². The Morgan fingerprint density at radius 3 is 2.32 bits per heavy atom. The van der Waals surface area contributed by atoms with Crippen LogP contribution < -0.4 is 19.0 Å². The predicted octanol–water partition coefficient (Wildman–Crippen LogP) is 2.99. The van der Waals surface area contributed by atoms with E-state index in [9.17, 15) is 18.9 Å². The Bertz CT molecular complexity index is 1260. The maximum atomic E-state index is 12.7. The molecule has 2 N–H and O–H groups in total. The molecule has 0 aromatic heterocycles. The van der Waals surface area contributed by atoms with Crippen LogP contribution in [0.4, 0.5) is 0 Å². The molecule has 0 saturated carbocycles. The van der Waals surface area contributed by atoms with Gasteiger partial charge in [0.2, 0.25) is 17.0 Å². The van der Waals surface area contributed by atoms with Crippen LogP contribution >= 0.6 is 0 Å². The first-order valence-corrected chi connectivity index (χ1v) is 12.5. The quantitative estimate of drug-likeness (QED) is 0.345. The minimum Gasteiger partial charge on any atom is -0.496 e. The van der Waals surface area contributed by atoms with Crippen molar-refractivity contribution in [3.05, 3.63) is 82.9 Å². The van der Waals surface area contributed by atoms with Crippen LogP contribution in [0.25, 0.3) is 0 Å². The zero-order valence-corrected chi connectivity index (χ0v) is 21.6. The topological polar surface area (TPSA) is 120 Å². The van der Waals surface area contributed by atoms with Gasteiger partial charge in [0.1, 0.15) is 11.3 Å². The summed E-state index contributed by atoms with van der Waals surface area (Å²) in [4.78, 5) is 24.9. The van der Waals surface area contributed by atoms with Crippen LogP contribution in [0.15, 0.2) is 65.6 Å². The third-order valence-electron chi connectivity index (χ3n) is 5.55. The average Bonchev–Trinajstić information content (AvgIpc) is 2.93. The molecule has 10 heteroatoms. The highest BCUT2D eigenvalue weighted by molar-refractivity contribution is 7.80. The van der Waals surface area contributed by atoms with Crippen LogP contribution in [0, 0.1) is 0 Å². The summed E-state index contributed by atoms with van der Waals surface area (Å²) in [5, 5.41) is 12.9. The Morgan fingerprint density at radius 2 is 1.68 bits per heavy atom. The fourth-order valence-corrected chi connectivity index (χ4v) is 4.45. The lowest BCUT2D eigenvalue weighted by Crippen LogP contribution is -2.27. The van der Waals surface area contributed by atoms with E-state index in [1.54, 1.807) is 60.7 Å². The Labute approximate surface area is 218 Å². The number of rotatable bonds is 12. The van der Waals surface area contributed by atoms with Crippen molar-refractivity contribution in [3.8, 4) is 17.2 Å². The smallest absolute Gasteiger partial charge is 0.341 e. The third-order valence-corrected chi connectivity index (χ3v) is 6.53. The molecule has 0 aliphatic rings.